The molecule has 13 nitrogen and oxygen atoms in total. The van der Waals surface area contributed by atoms with Crippen molar-refractivity contribution in [3.05, 3.63) is 87.4 Å². The number of pyridine rings is 1. The number of aromatic nitrogens is 3. The monoisotopic (exact) mass is 648 g/mol. The van der Waals surface area contributed by atoms with E-state index in [1.54, 1.807) is 24.3 Å². The Labute approximate surface area is 267 Å². The van der Waals surface area contributed by atoms with Crippen LogP contribution in [-0.2, 0) is 9.53 Å². The van der Waals surface area contributed by atoms with Gasteiger partial charge in [0.2, 0.25) is 6.67 Å². The molecule has 1 N–H and O–H groups in total. The lowest BCUT2D eigenvalue weighted by Crippen LogP contribution is -2.45. The first-order chi connectivity index (χ1) is 22.8. The molecular formula is C32H34F2N8O5+. The standard InChI is InChI=1S/C32H34F2N8O5/c33-21-16-26-29(35-18-21)41(24-2-1-3-25(17-24)47-15-12-38-10-13-46-14-11-38)32(45)42(31(26)44)23-6-4-22(5-7-23)36-30(43)27-19-39-20-40(34)9-8-28(39)37-27/h1-3,8-9,16-19,22-23H,4-7,10-15,20H2,(H,36,43)/q+1. The highest BCUT2D eigenvalue weighted by atomic mass is 19.2. The summed E-state index contributed by atoms with van der Waals surface area (Å²) in [5, 5.41) is 3.45. The predicted octanol–water partition coefficient (Wildman–Crippen LogP) is 2.06. The van der Waals surface area contributed by atoms with Crippen LogP contribution in [0.3, 0.4) is 0 Å². The Morgan fingerprint density at radius 1 is 1.13 bits per heavy atom. The first-order valence-electron chi connectivity index (χ1n) is 15.7. The number of nitrogens with zero attached hydrogens (tertiary/aromatic N) is 7. The third-order valence-electron chi connectivity index (χ3n) is 8.86. The van der Waals surface area contributed by atoms with Crippen LogP contribution >= 0.6 is 0 Å². The summed E-state index contributed by atoms with van der Waals surface area (Å²) in [5.74, 6) is -0.0408. The Balaban J connectivity index is 1.10. The van der Waals surface area contributed by atoms with Gasteiger partial charge in [0.15, 0.2) is 17.5 Å². The molecule has 1 aliphatic carbocycles. The van der Waals surface area contributed by atoms with Crippen molar-refractivity contribution >= 4 is 22.8 Å². The van der Waals surface area contributed by atoms with Gasteiger partial charge < -0.3 is 14.8 Å². The van der Waals surface area contributed by atoms with Gasteiger partial charge in [-0.1, -0.05) is 15.4 Å². The van der Waals surface area contributed by atoms with Crippen molar-refractivity contribution in [2.45, 2.75) is 37.8 Å². The zero-order valence-electron chi connectivity index (χ0n) is 25.6. The van der Waals surface area contributed by atoms with Gasteiger partial charge in [0.1, 0.15) is 18.2 Å². The highest BCUT2D eigenvalue weighted by Crippen LogP contribution is 2.28. The number of aliphatic imine (C=N–C) groups is 1. The molecule has 0 unspecified atom stereocenters. The van der Waals surface area contributed by atoms with Crippen LogP contribution in [0.2, 0.25) is 0 Å². The van der Waals surface area contributed by atoms with Crippen molar-refractivity contribution in [1.82, 2.24) is 34.4 Å². The molecule has 0 spiro atoms. The lowest BCUT2D eigenvalue weighted by atomic mass is 9.90. The molecule has 2 fully saturated rings. The van der Waals surface area contributed by atoms with Gasteiger partial charge in [-0.3, -0.25) is 19.1 Å². The van der Waals surface area contributed by atoms with Gasteiger partial charge in [0.05, 0.1) is 30.5 Å². The fourth-order valence-electron chi connectivity index (χ4n) is 6.43. The molecule has 3 aromatic rings. The molecule has 15 heteroatoms. The van der Waals surface area contributed by atoms with E-state index in [2.05, 4.69) is 20.2 Å². The van der Waals surface area contributed by atoms with E-state index in [9.17, 15) is 23.3 Å². The zero-order valence-corrected chi connectivity index (χ0v) is 25.6. The average molecular weight is 649 g/mol. The number of hydrogen-bond donors (Lipinski definition) is 1. The molecule has 1 saturated heterocycles. The maximum absolute atomic E-state index is 14.4. The molecule has 5 heterocycles. The van der Waals surface area contributed by atoms with Crippen LogP contribution in [0.15, 0.2) is 75.3 Å². The highest BCUT2D eigenvalue weighted by Gasteiger charge is 2.36. The highest BCUT2D eigenvalue weighted by molar-refractivity contribution is 6.05. The number of halogens is 2. The number of rotatable bonds is 8. The SMILES string of the molecule is O=C(NC1CCC(n2c(=O)c3cc(F)cnc3n(-c3cccc(OCCN4CCOCC4)c3)c2=O)CC1)C1=C[N+]2CN(F)C=CC2=N1. The average Bonchev–Trinajstić information content (AvgIpc) is 3.50. The minimum atomic E-state index is -0.686. The molecule has 245 valence electrons. The van der Waals surface area contributed by atoms with Crippen LogP contribution in [0.4, 0.5) is 8.87 Å². The van der Waals surface area contributed by atoms with Crippen LogP contribution in [0, 0.1) is 5.82 Å². The molecular weight excluding hydrogens is 614 g/mol. The van der Waals surface area contributed by atoms with Crippen molar-refractivity contribution in [3.8, 4) is 11.4 Å². The number of morpholine rings is 1. The third kappa shape index (κ3) is 6.46. The van der Waals surface area contributed by atoms with Crippen molar-refractivity contribution < 1.29 is 23.1 Å². The number of ether oxygens (including phenoxy) is 2. The van der Waals surface area contributed by atoms with Crippen LogP contribution in [0.5, 0.6) is 5.75 Å². The van der Waals surface area contributed by atoms with E-state index in [-0.39, 0.29) is 35.3 Å². The Hall–Kier alpha value is -4.73. The van der Waals surface area contributed by atoms with Crippen LogP contribution in [0.25, 0.3) is 16.7 Å². The lowest BCUT2D eigenvalue weighted by Gasteiger charge is -2.30. The molecule has 0 bridgehead atoms. The summed E-state index contributed by atoms with van der Waals surface area (Å²) in [6.45, 7) is 4.18. The maximum atomic E-state index is 14.4. The Kier molecular flexibility index (Phi) is 8.66. The number of amidine groups is 1. The fourth-order valence-corrected chi connectivity index (χ4v) is 6.43. The van der Waals surface area contributed by atoms with E-state index in [0.717, 1.165) is 31.9 Å². The van der Waals surface area contributed by atoms with Crippen LogP contribution in [-0.4, -0.2) is 88.0 Å². The predicted molar refractivity (Wildman–Crippen MR) is 168 cm³/mol. The molecule has 0 atom stereocenters. The summed E-state index contributed by atoms with van der Waals surface area (Å²) in [7, 11) is 0. The lowest BCUT2D eigenvalue weighted by molar-refractivity contribution is -0.118. The number of benzene rings is 1. The molecule has 47 heavy (non-hydrogen) atoms. The molecule has 2 aromatic heterocycles. The minimum Gasteiger partial charge on any atom is -0.492 e. The Bertz CT molecular complexity index is 1890. The Morgan fingerprint density at radius 2 is 1.94 bits per heavy atom. The van der Waals surface area contributed by atoms with E-state index in [4.69, 9.17) is 9.47 Å². The first kappa shape index (κ1) is 30.9. The quantitative estimate of drug-likeness (QED) is 0.291. The first-order valence-corrected chi connectivity index (χ1v) is 15.7. The number of fused-ring (bicyclic) bond motifs is 2. The van der Waals surface area contributed by atoms with E-state index < -0.39 is 23.1 Å². The van der Waals surface area contributed by atoms with Gasteiger partial charge in [-0.05, 0) is 43.9 Å². The fraction of sp³-hybridized carbons (Fsp3) is 0.406. The zero-order chi connectivity index (χ0) is 32.5. The second-order valence-corrected chi connectivity index (χ2v) is 11.9. The van der Waals surface area contributed by atoms with Gasteiger partial charge in [0.25, 0.3) is 17.3 Å². The van der Waals surface area contributed by atoms with Crippen LogP contribution < -0.4 is 26.2 Å². The van der Waals surface area contributed by atoms with Gasteiger partial charge in [-0.15, -0.1) is 0 Å². The molecule has 1 radical (unpaired) electrons. The minimum absolute atomic E-state index is 0.0108. The van der Waals surface area contributed by atoms with Gasteiger partial charge in [-0.25, -0.2) is 18.7 Å². The summed E-state index contributed by atoms with van der Waals surface area (Å²) < 4.78 is 41.8. The summed E-state index contributed by atoms with van der Waals surface area (Å²) in [5.41, 5.74) is -0.531. The number of hydrogen-bond acceptors (Lipinski definition) is 10. The van der Waals surface area contributed by atoms with E-state index in [1.807, 2.05) is 0 Å². The van der Waals surface area contributed by atoms with E-state index in [0.29, 0.717) is 67.9 Å². The Morgan fingerprint density at radius 3 is 2.74 bits per heavy atom. The topological polar surface area (TPSA) is 129 Å². The van der Waals surface area contributed by atoms with Gasteiger partial charge in [0, 0.05) is 50.1 Å². The molecule has 3 aliphatic heterocycles. The van der Waals surface area contributed by atoms with Crippen molar-refractivity contribution in [1.29, 1.82) is 0 Å². The molecule has 1 aromatic carbocycles. The van der Waals surface area contributed by atoms with Crippen LogP contribution in [0.1, 0.15) is 31.7 Å². The number of carbonyl (C=O) groups excluding carboxylic acids is 1. The maximum Gasteiger partial charge on any atom is 0.337 e. The number of amides is 1. The summed E-state index contributed by atoms with van der Waals surface area (Å²) in [6.07, 6.45) is 7.07. The van der Waals surface area contributed by atoms with Crippen molar-refractivity contribution in [2.75, 3.05) is 46.1 Å². The summed E-state index contributed by atoms with van der Waals surface area (Å²) >= 11 is 0. The molecule has 1 amide bonds. The smallest absolute Gasteiger partial charge is 0.337 e. The van der Waals surface area contributed by atoms with Crippen molar-refractivity contribution in [3.63, 3.8) is 0 Å². The molecule has 1 saturated carbocycles. The molecule has 7 rings (SSSR count). The summed E-state index contributed by atoms with van der Waals surface area (Å²) in [4.78, 5) is 53.0. The third-order valence-corrected chi connectivity index (χ3v) is 8.86. The number of carbonyl (C=O) groups is 1. The van der Waals surface area contributed by atoms with Gasteiger partial charge >= 0.3 is 5.69 Å². The molecule has 4 aliphatic rings. The second kappa shape index (κ2) is 13.2. The largest absolute Gasteiger partial charge is 0.492 e. The second-order valence-electron chi connectivity index (χ2n) is 11.9. The van der Waals surface area contributed by atoms with Gasteiger partial charge in [-0.2, -0.15) is 10.1 Å². The number of nitrogens with one attached hydrogen (secondary N) is 1. The van der Waals surface area contributed by atoms with E-state index in [1.165, 1.54) is 32.5 Å². The normalized spacial score (nSPS) is 21.8. The van der Waals surface area contributed by atoms with E-state index >= 15 is 0 Å². The van der Waals surface area contributed by atoms with Crippen molar-refractivity contribution in [2.24, 2.45) is 4.99 Å². The summed E-state index contributed by atoms with van der Waals surface area (Å²) in [6, 6.07) is 7.39.